The fourth-order valence-corrected chi connectivity index (χ4v) is 2.74. The van der Waals surface area contributed by atoms with Crippen LogP contribution in [0.3, 0.4) is 0 Å². The standard InChI is InChI=1S/C22H16F4N2O3/c23-16-6-1-15(19(11-16)22(24,25)26)12-28-21(30)14-4-9-18(10-5-14)31-17-7-2-13(3-8-17)20(27)29/h1-11H,12H2,(H2,27,29)(H,28,30). The van der Waals surface area contributed by atoms with Crippen LogP contribution in [0.4, 0.5) is 17.6 Å². The van der Waals surface area contributed by atoms with Crippen LogP contribution in [0.5, 0.6) is 11.5 Å². The molecule has 2 amide bonds. The molecular weight excluding hydrogens is 416 g/mol. The van der Waals surface area contributed by atoms with Gasteiger partial charge >= 0.3 is 6.18 Å². The Labute approximate surface area is 174 Å². The van der Waals surface area contributed by atoms with Crippen LogP contribution < -0.4 is 15.8 Å². The van der Waals surface area contributed by atoms with Crippen LogP contribution >= 0.6 is 0 Å². The minimum Gasteiger partial charge on any atom is -0.457 e. The molecule has 0 aliphatic rings. The lowest BCUT2D eigenvalue weighted by Gasteiger charge is -2.14. The number of nitrogens with one attached hydrogen (secondary N) is 1. The molecular formula is C22H16F4N2O3. The van der Waals surface area contributed by atoms with Crippen molar-refractivity contribution in [3.63, 3.8) is 0 Å². The molecule has 0 spiro atoms. The third-order valence-electron chi connectivity index (χ3n) is 4.31. The van der Waals surface area contributed by atoms with E-state index in [0.29, 0.717) is 23.1 Å². The molecule has 0 heterocycles. The summed E-state index contributed by atoms with van der Waals surface area (Å²) in [6, 6.07) is 14.3. The number of rotatable bonds is 6. The second-order valence-electron chi connectivity index (χ2n) is 6.50. The van der Waals surface area contributed by atoms with Crippen molar-refractivity contribution in [3.8, 4) is 11.5 Å². The second-order valence-corrected chi connectivity index (χ2v) is 6.50. The number of hydrogen-bond acceptors (Lipinski definition) is 3. The lowest BCUT2D eigenvalue weighted by molar-refractivity contribution is -0.138. The molecule has 5 nitrogen and oxygen atoms in total. The number of carbonyl (C=O) groups is 2. The van der Waals surface area contributed by atoms with E-state index in [1.165, 1.54) is 36.4 Å². The third-order valence-corrected chi connectivity index (χ3v) is 4.31. The molecule has 160 valence electrons. The smallest absolute Gasteiger partial charge is 0.416 e. The van der Waals surface area contributed by atoms with Gasteiger partial charge in [-0.2, -0.15) is 13.2 Å². The van der Waals surface area contributed by atoms with E-state index in [9.17, 15) is 27.2 Å². The number of hydrogen-bond donors (Lipinski definition) is 2. The van der Waals surface area contributed by atoms with Gasteiger partial charge in [-0.1, -0.05) is 6.07 Å². The Kier molecular flexibility index (Phi) is 6.24. The van der Waals surface area contributed by atoms with Gasteiger partial charge < -0.3 is 15.8 Å². The lowest BCUT2D eigenvalue weighted by Crippen LogP contribution is -2.24. The summed E-state index contributed by atoms with van der Waals surface area (Å²) in [6.45, 7) is -0.418. The minimum absolute atomic E-state index is 0.201. The van der Waals surface area contributed by atoms with E-state index < -0.39 is 35.9 Å². The van der Waals surface area contributed by atoms with Crippen LogP contribution in [-0.2, 0) is 12.7 Å². The first-order valence-electron chi connectivity index (χ1n) is 8.95. The van der Waals surface area contributed by atoms with Crippen molar-refractivity contribution in [2.45, 2.75) is 12.7 Å². The van der Waals surface area contributed by atoms with Crippen molar-refractivity contribution >= 4 is 11.8 Å². The SMILES string of the molecule is NC(=O)c1ccc(Oc2ccc(C(=O)NCc3ccc(F)cc3C(F)(F)F)cc2)cc1. The zero-order valence-electron chi connectivity index (χ0n) is 15.9. The number of ether oxygens (including phenoxy) is 1. The highest BCUT2D eigenvalue weighted by molar-refractivity contribution is 5.94. The van der Waals surface area contributed by atoms with Crippen LogP contribution in [-0.4, -0.2) is 11.8 Å². The summed E-state index contributed by atoms with van der Waals surface area (Å²) in [7, 11) is 0. The summed E-state index contributed by atoms with van der Waals surface area (Å²) < 4.78 is 57.9. The molecule has 0 bridgehead atoms. The maximum Gasteiger partial charge on any atom is 0.416 e. The summed E-state index contributed by atoms with van der Waals surface area (Å²) in [5.41, 5.74) is 4.31. The molecule has 3 rings (SSSR count). The summed E-state index contributed by atoms with van der Waals surface area (Å²) in [6.07, 6.45) is -4.74. The summed E-state index contributed by atoms with van der Waals surface area (Å²) in [4.78, 5) is 23.3. The summed E-state index contributed by atoms with van der Waals surface area (Å²) >= 11 is 0. The van der Waals surface area contributed by atoms with E-state index in [-0.39, 0.29) is 11.1 Å². The van der Waals surface area contributed by atoms with E-state index in [2.05, 4.69) is 5.32 Å². The highest BCUT2D eigenvalue weighted by Gasteiger charge is 2.33. The highest BCUT2D eigenvalue weighted by Crippen LogP contribution is 2.32. The van der Waals surface area contributed by atoms with E-state index in [1.54, 1.807) is 12.1 Å². The van der Waals surface area contributed by atoms with Gasteiger partial charge in [0.05, 0.1) is 5.56 Å². The molecule has 0 fully saturated rings. The molecule has 0 aliphatic carbocycles. The van der Waals surface area contributed by atoms with Crippen molar-refractivity contribution in [3.05, 3.63) is 94.8 Å². The number of nitrogens with two attached hydrogens (primary N) is 1. The lowest BCUT2D eigenvalue weighted by atomic mass is 10.1. The van der Waals surface area contributed by atoms with Gasteiger partial charge in [0, 0.05) is 17.7 Å². The minimum atomic E-state index is -4.74. The molecule has 0 atom stereocenters. The van der Waals surface area contributed by atoms with Gasteiger partial charge in [0.2, 0.25) is 5.91 Å². The first-order valence-corrected chi connectivity index (χ1v) is 8.95. The van der Waals surface area contributed by atoms with E-state index in [1.807, 2.05) is 0 Å². The Morgan fingerprint density at radius 3 is 1.94 bits per heavy atom. The van der Waals surface area contributed by atoms with Crippen molar-refractivity contribution in [2.24, 2.45) is 5.73 Å². The van der Waals surface area contributed by atoms with Gasteiger partial charge in [0.1, 0.15) is 17.3 Å². The molecule has 9 heteroatoms. The van der Waals surface area contributed by atoms with Crippen molar-refractivity contribution in [1.82, 2.24) is 5.32 Å². The predicted molar refractivity (Wildman–Crippen MR) is 104 cm³/mol. The van der Waals surface area contributed by atoms with E-state index >= 15 is 0 Å². The maximum atomic E-state index is 13.2. The molecule has 0 saturated carbocycles. The first-order chi connectivity index (χ1) is 14.6. The molecule has 0 aliphatic heterocycles. The topological polar surface area (TPSA) is 81.4 Å². The van der Waals surface area contributed by atoms with Gasteiger partial charge in [0.25, 0.3) is 5.91 Å². The average Bonchev–Trinajstić information content (AvgIpc) is 2.73. The van der Waals surface area contributed by atoms with Gasteiger partial charge in [-0.15, -0.1) is 0 Å². The Bertz CT molecular complexity index is 1100. The van der Waals surface area contributed by atoms with Crippen LogP contribution in [0.25, 0.3) is 0 Å². The zero-order chi connectivity index (χ0) is 22.6. The number of carbonyl (C=O) groups excluding carboxylic acids is 2. The number of alkyl halides is 3. The van der Waals surface area contributed by atoms with Gasteiger partial charge in [-0.05, 0) is 66.2 Å². The fourth-order valence-electron chi connectivity index (χ4n) is 2.74. The quantitative estimate of drug-likeness (QED) is 0.556. The number of halogens is 4. The molecule has 31 heavy (non-hydrogen) atoms. The van der Waals surface area contributed by atoms with Crippen LogP contribution in [0, 0.1) is 5.82 Å². The van der Waals surface area contributed by atoms with Crippen molar-refractivity contribution in [1.29, 1.82) is 0 Å². The Hall–Kier alpha value is -3.88. The third kappa shape index (κ3) is 5.59. The molecule has 0 saturated heterocycles. The predicted octanol–water partition coefficient (Wildman–Crippen LogP) is 4.67. The van der Waals surface area contributed by atoms with E-state index in [4.69, 9.17) is 10.5 Å². The molecule has 0 aromatic heterocycles. The summed E-state index contributed by atoms with van der Waals surface area (Å²) in [5.74, 6) is -1.33. The average molecular weight is 432 g/mol. The molecule has 3 aromatic rings. The zero-order valence-corrected chi connectivity index (χ0v) is 15.9. The van der Waals surface area contributed by atoms with Gasteiger partial charge in [0.15, 0.2) is 0 Å². The number of primary amides is 1. The highest BCUT2D eigenvalue weighted by atomic mass is 19.4. The maximum absolute atomic E-state index is 13.2. The Morgan fingerprint density at radius 1 is 0.871 bits per heavy atom. The van der Waals surface area contributed by atoms with Crippen LogP contribution in [0.15, 0.2) is 66.7 Å². The van der Waals surface area contributed by atoms with Crippen molar-refractivity contribution < 1.29 is 31.9 Å². The normalized spacial score (nSPS) is 11.1. The second kappa shape index (κ2) is 8.86. The molecule has 3 N–H and O–H groups in total. The van der Waals surface area contributed by atoms with Crippen LogP contribution in [0.1, 0.15) is 31.8 Å². The Balaban J connectivity index is 1.64. The monoisotopic (exact) mass is 432 g/mol. The Morgan fingerprint density at radius 2 is 1.42 bits per heavy atom. The van der Waals surface area contributed by atoms with Gasteiger partial charge in [-0.25, -0.2) is 4.39 Å². The fraction of sp³-hybridized carbons (Fsp3) is 0.0909. The number of benzene rings is 3. The van der Waals surface area contributed by atoms with Gasteiger partial charge in [-0.3, -0.25) is 9.59 Å². The largest absolute Gasteiger partial charge is 0.457 e. The van der Waals surface area contributed by atoms with Crippen LogP contribution in [0.2, 0.25) is 0 Å². The molecule has 3 aromatic carbocycles. The molecule has 0 radical (unpaired) electrons. The first kappa shape index (κ1) is 21.8. The van der Waals surface area contributed by atoms with Crippen molar-refractivity contribution in [2.75, 3.05) is 0 Å². The van der Waals surface area contributed by atoms with E-state index in [0.717, 1.165) is 12.1 Å². The summed E-state index contributed by atoms with van der Waals surface area (Å²) in [5, 5.41) is 2.39. The number of amides is 2. The molecule has 0 unspecified atom stereocenters.